The average molecular weight is 325 g/mol. The number of methoxy groups -OCH3 is 1. The molecule has 126 valence electrons. The molecule has 2 heterocycles. The fraction of sp³-hybridized carbons (Fsp3) is 0.368. The molecule has 1 aromatic carbocycles. The quantitative estimate of drug-likeness (QED) is 0.515. The summed E-state index contributed by atoms with van der Waals surface area (Å²) in [5, 5.41) is 2.20. The predicted octanol–water partition coefficient (Wildman–Crippen LogP) is 3.32. The zero-order valence-corrected chi connectivity index (χ0v) is 14.5. The topological polar surface area (TPSA) is 47.4 Å². The van der Waals surface area contributed by atoms with Gasteiger partial charge in [0.25, 0.3) is 0 Å². The van der Waals surface area contributed by atoms with Gasteiger partial charge in [-0.3, -0.25) is 0 Å². The monoisotopic (exact) mass is 325 g/mol. The minimum Gasteiger partial charge on any atom is -0.464 e. The molecule has 0 fully saturated rings. The first kappa shape index (κ1) is 16.5. The van der Waals surface area contributed by atoms with Crippen LogP contribution in [0.15, 0.2) is 36.5 Å². The van der Waals surface area contributed by atoms with Crippen LogP contribution in [0.3, 0.4) is 0 Å². The number of esters is 1. The van der Waals surface area contributed by atoms with Gasteiger partial charge in [0.05, 0.1) is 18.8 Å². The van der Waals surface area contributed by atoms with Gasteiger partial charge in [0, 0.05) is 22.8 Å². The maximum Gasteiger partial charge on any atom is 0.356 e. The van der Waals surface area contributed by atoms with E-state index in [9.17, 15) is 4.79 Å². The number of pyridine rings is 1. The minimum absolute atomic E-state index is 0.348. The summed E-state index contributed by atoms with van der Waals surface area (Å²) >= 11 is 0. The number of hydrogen-bond donors (Lipinski definition) is 0. The lowest BCUT2D eigenvalue weighted by Gasteiger charge is -2.10. The maximum absolute atomic E-state index is 11.8. The fourth-order valence-electron chi connectivity index (χ4n) is 3.10. The molecule has 2 aromatic heterocycles. The van der Waals surface area contributed by atoms with Crippen molar-refractivity contribution in [2.75, 3.05) is 27.7 Å². The number of carbonyl (C=O) groups excluding carboxylic acids is 1. The van der Waals surface area contributed by atoms with Gasteiger partial charge in [-0.25, -0.2) is 9.78 Å². The molecule has 0 aliphatic heterocycles. The Balaban J connectivity index is 2.01. The highest BCUT2D eigenvalue weighted by atomic mass is 16.5. The third-order valence-corrected chi connectivity index (χ3v) is 4.29. The molecule has 0 bridgehead atoms. The average Bonchev–Trinajstić information content (AvgIpc) is 2.91. The van der Waals surface area contributed by atoms with Crippen LogP contribution < -0.4 is 0 Å². The number of aromatic nitrogens is 2. The molecule has 0 aliphatic carbocycles. The number of carbonyl (C=O) groups is 1. The lowest BCUT2D eigenvalue weighted by Crippen LogP contribution is -2.13. The number of hydrogen-bond acceptors (Lipinski definition) is 4. The number of unbranched alkanes of at least 4 members (excludes halogenated alkanes) is 1. The summed E-state index contributed by atoms with van der Waals surface area (Å²) in [6.07, 6.45) is 4.03. The van der Waals surface area contributed by atoms with Gasteiger partial charge < -0.3 is 14.2 Å². The molecular weight excluding hydrogens is 302 g/mol. The third kappa shape index (κ3) is 3.12. The van der Waals surface area contributed by atoms with E-state index in [0.29, 0.717) is 5.69 Å². The summed E-state index contributed by atoms with van der Waals surface area (Å²) in [6, 6.07) is 10.1. The van der Waals surface area contributed by atoms with Crippen molar-refractivity contribution in [1.82, 2.24) is 14.5 Å². The van der Waals surface area contributed by atoms with Gasteiger partial charge in [-0.05, 0) is 45.6 Å². The van der Waals surface area contributed by atoms with E-state index in [4.69, 9.17) is 4.74 Å². The maximum atomic E-state index is 11.8. The SMILES string of the molecule is COC(=O)c1cc2c3ccccc3n(CCCCN(C)C)c2cn1. The van der Waals surface area contributed by atoms with Gasteiger partial charge in [0.1, 0.15) is 5.69 Å². The normalized spacial score (nSPS) is 11.5. The number of para-hydroxylation sites is 1. The van der Waals surface area contributed by atoms with Crippen LogP contribution in [0, 0.1) is 0 Å². The minimum atomic E-state index is -0.403. The van der Waals surface area contributed by atoms with E-state index < -0.39 is 5.97 Å². The van der Waals surface area contributed by atoms with E-state index in [1.807, 2.05) is 18.2 Å². The lowest BCUT2D eigenvalue weighted by molar-refractivity contribution is 0.0594. The van der Waals surface area contributed by atoms with Gasteiger partial charge in [-0.2, -0.15) is 0 Å². The van der Waals surface area contributed by atoms with E-state index in [2.05, 4.69) is 40.7 Å². The number of fused-ring (bicyclic) bond motifs is 3. The summed E-state index contributed by atoms with van der Waals surface area (Å²) in [7, 11) is 5.57. The first-order valence-electron chi connectivity index (χ1n) is 8.22. The van der Waals surface area contributed by atoms with Crippen LogP contribution in [0.4, 0.5) is 0 Å². The van der Waals surface area contributed by atoms with E-state index >= 15 is 0 Å². The van der Waals surface area contributed by atoms with Crippen molar-refractivity contribution >= 4 is 27.8 Å². The first-order valence-corrected chi connectivity index (χ1v) is 8.22. The molecule has 0 saturated heterocycles. The van der Waals surface area contributed by atoms with Crippen LogP contribution in [0.25, 0.3) is 21.8 Å². The number of benzene rings is 1. The second-order valence-corrected chi connectivity index (χ2v) is 6.26. The Labute approximate surface area is 141 Å². The summed E-state index contributed by atoms with van der Waals surface area (Å²) in [4.78, 5) is 18.3. The molecule has 0 spiro atoms. The van der Waals surface area contributed by atoms with Crippen molar-refractivity contribution in [1.29, 1.82) is 0 Å². The second kappa shape index (κ2) is 7.01. The molecule has 5 heteroatoms. The Bertz CT molecular complexity index is 868. The van der Waals surface area contributed by atoms with E-state index in [0.717, 1.165) is 42.2 Å². The van der Waals surface area contributed by atoms with Gasteiger partial charge in [-0.15, -0.1) is 0 Å². The summed E-state index contributed by atoms with van der Waals surface area (Å²) < 4.78 is 7.09. The van der Waals surface area contributed by atoms with Gasteiger partial charge in [0.2, 0.25) is 0 Å². The molecular formula is C19H23N3O2. The predicted molar refractivity (Wildman–Crippen MR) is 96.4 cm³/mol. The zero-order chi connectivity index (χ0) is 17.1. The smallest absolute Gasteiger partial charge is 0.356 e. The molecule has 0 saturated carbocycles. The standard InChI is InChI=1S/C19H23N3O2/c1-21(2)10-6-7-11-22-17-9-5-4-8-14(17)15-12-16(19(23)24-3)20-13-18(15)22/h4-5,8-9,12-13H,6-7,10-11H2,1-3H3. The number of aryl methyl sites for hydroxylation is 1. The zero-order valence-electron chi connectivity index (χ0n) is 14.5. The van der Waals surface area contributed by atoms with Crippen LogP contribution >= 0.6 is 0 Å². The molecule has 3 aromatic rings. The summed E-state index contributed by atoms with van der Waals surface area (Å²) in [5.74, 6) is -0.403. The van der Waals surface area contributed by atoms with Gasteiger partial charge in [0.15, 0.2) is 0 Å². The Hall–Kier alpha value is -2.40. The van der Waals surface area contributed by atoms with Crippen molar-refractivity contribution in [3.8, 4) is 0 Å². The number of rotatable bonds is 6. The second-order valence-electron chi connectivity index (χ2n) is 6.26. The molecule has 0 aliphatic rings. The molecule has 0 unspecified atom stereocenters. The van der Waals surface area contributed by atoms with E-state index in [1.165, 1.54) is 12.6 Å². The number of nitrogens with zero attached hydrogens (tertiary/aromatic N) is 3. The molecule has 0 radical (unpaired) electrons. The first-order chi connectivity index (χ1) is 11.6. The Kier molecular flexibility index (Phi) is 4.81. The largest absolute Gasteiger partial charge is 0.464 e. The van der Waals surface area contributed by atoms with E-state index in [-0.39, 0.29) is 0 Å². The van der Waals surface area contributed by atoms with Gasteiger partial charge in [-0.1, -0.05) is 18.2 Å². The number of ether oxygens (including phenoxy) is 1. The molecule has 3 rings (SSSR count). The molecule has 0 N–H and O–H groups in total. The Morgan fingerprint density at radius 2 is 1.96 bits per heavy atom. The highest BCUT2D eigenvalue weighted by molar-refractivity contribution is 6.09. The highest BCUT2D eigenvalue weighted by Gasteiger charge is 2.14. The van der Waals surface area contributed by atoms with Crippen molar-refractivity contribution in [2.24, 2.45) is 0 Å². The molecule has 5 nitrogen and oxygen atoms in total. The van der Waals surface area contributed by atoms with Crippen molar-refractivity contribution in [2.45, 2.75) is 19.4 Å². The Morgan fingerprint density at radius 1 is 1.17 bits per heavy atom. The van der Waals surface area contributed by atoms with Crippen molar-refractivity contribution in [3.63, 3.8) is 0 Å². The van der Waals surface area contributed by atoms with Crippen LogP contribution in [0.1, 0.15) is 23.3 Å². The van der Waals surface area contributed by atoms with Crippen LogP contribution in [0.5, 0.6) is 0 Å². The van der Waals surface area contributed by atoms with Crippen LogP contribution in [0.2, 0.25) is 0 Å². The van der Waals surface area contributed by atoms with Crippen LogP contribution in [-0.2, 0) is 11.3 Å². The van der Waals surface area contributed by atoms with E-state index in [1.54, 1.807) is 6.20 Å². The van der Waals surface area contributed by atoms with Crippen molar-refractivity contribution in [3.05, 3.63) is 42.2 Å². The Morgan fingerprint density at radius 3 is 2.71 bits per heavy atom. The summed E-state index contributed by atoms with van der Waals surface area (Å²) in [5.41, 5.74) is 2.59. The fourth-order valence-corrected chi connectivity index (χ4v) is 3.10. The lowest BCUT2D eigenvalue weighted by atomic mass is 10.1. The third-order valence-electron chi connectivity index (χ3n) is 4.29. The van der Waals surface area contributed by atoms with Gasteiger partial charge >= 0.3 is 5.97 Å². The highest BCUT2D eigenvalue weighted by Crippen LogP contribution is 2.29. The summed E-state index contributed by atoms with van der Waals surface area (Å²) in [6.45, 7) is 2.03. The van der Waals surface area contributed by atoms with Crippen LogP contribution in [-0.4, -0.2) is 48.2 Å². The molecule has 0 amide bonds. The molecule has 0 atom stereocenters. The molecule has 24 heavy (non-hydrogen) atoms. The van der Waals surface area contributed by atoms with Crippen molar-refractivity contribution < 1.29 is 9.53 Å².